The molecule has 1 atom stereocenters. The van der Waals surface area contributed by atoms with E-state index in [4.69, 9.17) is 4.74 Å². The van der Waals surface area contributed by atoms with Crippen molar-refractivity contribution in [2.75, 3.05) is 18.1 Å². The minimum atomic E-state index is -2.78. The molecule has 3 nitrogen and oxygen atoms in total. The monoisotopic (exact) mass is 260 g/mol. The summed E-state index contributed by atoms with van der Waals surface area (Å²) in [6.45, 7) is 6.38. The molecule has 17 heavy (non-hydrogen) atoms. The van der Waals surface area contributed by atoms with Crippen LogP contribution < -0.4 is 0 Å². The van der Waals surface area contributed by atoms with Gasteiger partial charge in [-0.05, 0) is 37.5 Å². The average molecular weight is 260 g/mol. The molecule has 0 amide bonds. The van der Waals surface area contributed by atoms with Gasteiger partial charge in [0, 0.05) is 0 Å². The molecule has 0 spiro atoms. The maximum atomic E-state index is 11.6. The van der Waals surface area contributed by atoms with Crippen LogP contribution in [0, 0.1) is 5.41 Å². The second-order valence-corrected chi connectivity index (χ2v) is 7.30. The Labute approximate surface area is 105 Å². The zero-order chi connectivity index (χ0) is 12.8. The van der Waals surface area contributed by atoms with Gasteiger partial charge in [-0.1, -0.05) is 19.9 Å². The highest BCUT2D eigenvalue weighted by molar-refractivity contribution is 7.91. The molecule has 1 heterocycles. The van der Waals surface area contributed by atoms with Crippen molar-refractivity contribution in [3.8, 4) is 0 Å². The molecule has 0 aliphatic carbocycles. The highest BCUT2D eigenvalue weighted by Crippen LogP contribution is 2.39. The van der Waals surface area contributed by atoms with Gasteiger partial charge >= 0.3 is 0 Å². The van der Waals surface area contributed by atoms with E-state index in [0.29, 0.717) is 18.1 Å². The number of rotatable bonds is 6. The molecular formula is C13H24O3S. The van der Waals surface area contributed by atoms with Gasteiger partial charge in [0.15, 0.2) is 0 Å². The predicted molar refractivity (Wildman–Crippen MR) is 70.6 cm³/mol. The van der Waals surface area contributed by atoms with Gasteiger partial charge in [0.1, 0.15) is 9.84 Å². The van der Waals surface area contributed by atoms with Gasteiger partial charge in [-0.3, -0.25) is 0 Å². The van der Waals surface area contributed by atoms with E-state index in [1.54, 1.807) is 0 Å². The van der Waals surface area contributed by atoms with Crippen LogP contribution in [0.1, 0.15) is 45.4 Å². The Hall–Kier alpha value is -0.510. The van der Waals surface area contributed by atoms with E-state index in [-0.39, 0.29) is 5.41 Å². The van der Waals surface area contributed by atoms with E-state index in [0.717, 1.165) is 38.5 Å². The van der Waals surface area contributed by atoms with Crippen LogP contribution >= 0.6 is 0 Å². The SMILES string of the molecule is C=COCCCC1(CC)CCCS(=O)(=O)CC1. The Bertz CT molecular complexity index is 335. The zero-order valence-corrected chi connectivity index (χ0v) is 11.6. The van der Waals surface area contributed by atoms with E-state index in [9.17, 15) is 8.42 Å². The molecule has 1 aliphatic rings. The number of hydrogen-bond acceptors (Lipinski definition) is 3. The van der Waals surface area contributed by atoms with Gasteiger partial charge in [-0.15, -0.1) is 0 Å². The van der Waals surface area contributed by atoms with Gasteiger partial charge in [0.25, 0.3) is 0 Å². The van der Waals surface area contributed by atoms with Crippen LogP contribution in [0.4, 0.5) is 0 Å². The van der Waals surface area contributed by atoms with Crippen LogP contribution in [0.5, 0.6) is 0 Å². The van der Waals surface area contributed by atoms with Gasteiger partial charge in [0.2, 0.25) is 0 Å². The van der Waals surface area contributed by atoms with E-state index in [1.165, 1.54) is 6.26 Å². The Morgan fingerprint density at radius 2 is 2.12 bits per heavy atom. The quantitative estimate of drug-likeness (QED) is 0.545. The Balaban J connectivity index is 2.52. The third kappa shape index (κ3) is 4.70. The minimum absolute atomic E-state index is 0.216. The highest BCUT2D eigenvalue weighted by atomic mass is 32.2. The second-order valence-electron chi connectivity index (χ2n) is 5.00. The summed E-state index contributed by atoms with van der Waals surface area (Å²) in [7, 11) is -2.78. The van der Waals surface area contributed by atoms with Crippen molar-refractivity contribution < 1.29 is 13.2 Å². The van der Waals surface area contributed by atoms with Gasteiger partial charge < -0.3 is 4.74 Å². The first-order valence-corrected chi connectivity index (χ1v) is 8.29. The van der Waals surface area contributed by atoms with E-state index in [1.807, 2.05) is 0 Å². The molecule has 0 aromatic heterocycles. The Kier molecular flexibility index (Phi) is 5.50. The van der Waals surface area contributed by atoms with Crippen LogP contribution in [-0.4, -0.2) is 26.5 Å². The number of hydrogen-bond donors (Lipinski definition) is 0. The summed E-state index contributed by atoms with van der Waals surface area (Å²) in [5.41, 5.74) is 0.216. The van der Waals surface area contributed by atoms with E-state index in [2.05, 4.69) is 13.5 Å². The average Bonchev–Trinajstić information content (AvgIpc) is 2.45. The summed E-state index contributed by atoms with van der Waals surface area (Å²) < 4.78 is 28.4. The fourth-order valence-electron chi connectivity index (χ4n) is 2.66. The third-order valence-electron chi connectivity index (χ3n) is 3.94. The van der Waals surface area contributed by atoms with Crippen molar-refractivity contribution in [3.05, 3.63) is 12.8 Å². The highest BCUT2D eigenvalue weighted by Gasteiger charge is 2.32. The van der Waals surface area contributed by atoms with Gasteiger partial charge in [-0.2, -0.15) is 0 Å². The minimum Gasteiger partial charge on any atom is -0.502 e. The zero-order valence-electron chi connectivity index (χ0n) is 10.8. The number of sulfone groups is 1. The van der Waals surface area contributed by atoms with Crippen LogP contribution in [0.2, 0.25) is 0 Å². The maximum absolute atomic E-state index is 11.6. The standard InChI is InChI=1S/C13H24O3S/c1-3-13(7-5-10-16-4-2)8-6-11-17(14,15)12-9-13/h4H,2-3,5-12H2,1H3. The summed E-state index contributed by atoms with van der Waals surface area (Å²) in [6.07, 6.45) is 7.26. The summed E-state index contributed by atoms with van der Waals surface area (Å²) in [5, 5.41) is 0. The van der Waals surface area contributed by atoms with Crippen molar-refractivity contribution in [1.82, 2.24) is 0 Å². The lowest BCUT2D eigenvalue weighted by Crippen LogP contribution is -2.21. The fourth-order valence-corrected chi connectivity index (χ4v) is 4.19. The number of ether oxygens (including phenoxy) is 1. The van der Waals surface area contributed by atoms with Gasteiger partial charge in [0.05, 0.1) is 24.4 Å². The van der Waals surface area contributed by atoms with Crippen molar-refractivity contribution in [3.63, 3.8) is 0 Å². The predicted octanol–water partition coefficient (Wildman–Crippen LogP) is 2.92. The molecule has 0 N–H and O–H groups in total. The molecule has 100 valence electrons. The molecule has 1 saturated heterocycles. The molecular weight excluding hydrogens is 236 g/mol. The molecule has 1 rings (SSSR count). The smallest absolute Gasteiger partial charge is 0.150 e. The molecule has 0 saturated carbocycles. The Morgan fingerprint density at radius 3 is 2.76 bits per heavy atom. The first kappa shape index (κ1) is 14.6. The first-order chi connectivity index (χ1) is 8.04. The Morgan fingerprint density at radius 1 is 1.35 bits per heavy atom. The summed E-state index contributed by atoms with van der Waals surface area (Å²) in [5.74, 6) is 0.737. The van der Waals surface area contributed by atoms with Gasteiger partial charge in [-0.25, -0.2) is 8.42 Å². The van der Waals surface area contributed by atoms with Crippen molar-refractivity contribution in [2.45, 2.75) is 45.4 Å². The first-order valence-electron chi connectivity index (χ1n) is 6.46. The summed E-state index contributed by atoms with van der Waals surface area (Å²) in [6, 6.07) is 0. The molecule has 0 aromatic carbocycles. The van der Waals surface area contributed by atoms with E-state index >= 15 is 0 Å². The second kappa shape index (κ2) is 6.43. The normalized spacial score (nSPS) is 28.3. The molecule has 4 heteroatoms. The molecule has 0 aromatic rings. The van der Waals surface area contributed by atoms with Crippen molar-refractivity contribution in [2.24, 2.45) is 5.41 Å². The lowest BCUT2D eigenvalue weighted by atomic mass is 9.75. The van der Waals surface area contributed by atoms with Crippen molar-refractivity contribution in [1.29, 1.82) is 0 Å². The largest absolute Gasteiger partial charge is 0.502 e. The molecule has 1 fully saturated rings. The maximum Gasteiger partial charge on any atom is 0.150 e. The van der Waals surface area contributed by atoms with Crippen LogP contribution in [0.25, 0.3) is 0 Å². The van der Waals surface area contributed by atoms with E-state index < -0.39 is 9.84 Å². The molecule has 1 unspecified atom stereocenters. The lowest BCUT2D eigenvalue weighted by molar-refractivity contribution is 0.176. The van der Waals surface area contributed by atoms with Crippen molar-refractivity contribution >= 4 is 9.84 Å². The third-order valence-corrected chi connectivity index (χ3v) is 5.68. The molecule has 1 aliphatic heterocycles. The molecule has 0 bridgehead atoms. The summed E-state index contributed by atoms with van der Waals surface area (Å²) >= 11 is 0. The molecule has 0 radical (unpaired) electrons. The summed E-state index contributed by atoms with van der Waals surface area (Å²) in [4.78, 5) is 0. The van der Waals surface area contributed by atoms with Crippen LogP contribution in [0.3, 0.4) is 0 Å². The van der Waals surface area contributed by atoms with Crippen LogP contribution in [-0.2, 0) is 14.6 Å². The topological polar surface area (TPSA) is 43.4 Å². The lowest BCUT2D eigenvalue weighted by Gasteiger charge is -2.31. The fraction of sp³-hybridized carbons (Fsp3) is 0.846. The van der Waals surface area contributed by atoms with Crippen LogP contribution in [0.15, 0.2) is 12.8 Å².